The van der Waals surface area contributed by atoms with Crippen molar-refractivity contribution in [2.75, 3.05) is 0 Å². The lowest BCUT2D eigenvalue weighted by Gasteiger charge is -2.12. The van der Waals surface area contributed by atoms with Gasteiger partial charge in [0.15, 0.2) is 0 Å². The van der Waals surface area contributed by atoms with Crippen molar-refractivity contribution in [3.63, 3.8) is 0 Å². The lowest BCUT2D eigenvalue weighted by molar-refractivity contribution is 0.0997. The summed E-state index contributed by atoms with van der Waals surface area (Å²) in [5.41, 5.74) is 6.07. The number of sulfone groups is 1. The number of hydrogen-bond donors (Lipinski definition) is 2. The first-order valence-corrected chi connectivity index (χ1v) is 11.5. The van der Waals surface area contributed by atoms with E-state index in [2.05, 4.69) is 11.8 Å². The van der Waals surface area contributed by atoms with Crippen LogP contribution < -0.4 is 10.9 Å². The molecule has 0 atom stereocenters. The Labute approximate surface area is 174 Å². The summed E-state index contributed by atoms with van der Waals surface area (Å²) in [6.07, 6.45) is 0. The van der Waals surface area contributed by atoms with E-state index in [4.69, 9.17) is 10.9 Å². The summed E-state index contributed by atoms with van der Waals surface area (Å²) >= 11 is 0. The van der Waals surface area contributed by atoms with Gasteiger partial charge in [0, 0.05) is 11.1 Å². The van der Waals surface area contributed by atoms with Crippen molar-refractivity contribution in [1.29, 1.82) is 0 Å². The zero-order chi connectivity index (χ0) is 21.9. The van der Waals surface area contributed by atoms with Crippen LogP contribution in [0.25, 0.3) is 0 Å². The molecule has 30 heavy (non-hydrogen) atoms. The van der Waals surface area contributed by atoms with Crippen molar-refractivity contribution in [3.8, 4) is 11.8 Å². The zero-order valence-electron chi connectivity index (χ0n) is 15.4. The standard InChI is InChI=1S/C21H16N2O5S2/c22-21(24)17-13-12-16(11-10-15-6-2-1-3-7-15)14-20(17)29(25,26)18-8-4-5-9-19(18)30(23,27)28/h1-9,12-14H,(H2,22,24)(H2,23,27,28). The predicted octanol–water partition coefficient (Wildman–Crippen LogP) is 1.67. The van der Waals surface area contributed by atoms with Crippen LogP contribution in [0.5, 0.6) is 0 Å². The second kappa shape index (κ2) is 8.12. The molecule has 0 saturated heterocycles. The third-order valence-corrected chi connectivity index (χ3v) is 7.06. The van der Waals surface area contributed by atoms with Gasteiger partial charge in [-0.3, -0.25) is 4.79 Å². The van der Waals surface area contributed by atoms with E-state index in [-0.39, 0.29) is 5.56 Å². The number of rotatable bonds is 4. The normalized spacial score (nSPS) is 11.4. The molecule has 7 nitrogen and oxygen atoms in total. The number of carbonyl (C=O) groups excluding carboxylic acids is 1. The van der Waals surface area contributed by atoms with Gasteiger partial charge in [0.2, 0.25) is 25.8 Å². The van der Waals surface area contributed by atoms with E-state index < -0.39 is 40.5 Å². The van der Waals surface area contributed by atoms with Crippen molar-refractivity contribution < 1.29 is 21.6 Å². The molecule has 0 unspecified atom stereocenters. The average Bonchev–Trinajstić information content (AvgIpc) is 2.72. The molecule has 0 aliphatic heterocycles. The van der Waals surface area contributed by atoms with Gasteiger partial charge in [-0.25, -0.2) is 22.0 Å². The number of benzene rings is 3. The quantitative estimate of drug-likeness (QED) is 0.595. The molecule has 0 radical (unpaired) electrons. The fraction of sp³-hybridized carbons (Fsp3) is 0. The van der Waals surface area contributed by atoms with Gasteiger partial charge in [-0.15, -0.1) is 0 Å². The van der Waals surface area contributed by atoms with Crippen molar-refractivity contribution in [1.82, 2.24) is 0 Å². The van der Waals surface area contributed by atoms with Gasteiger partial charge in [0.1, 0.15) is 4.90 Å². The molecule has 1 amide bonds. The first-order chi connectivity index (χ1) is 14.1. The molecule has 3 aromatic carbocycles. The Morgan fingerprint density at radius 1 is 0.700 bits per heavy atom. The molecule has 0 aliphatic carbocycles. The number of hydrogen-bond acceptors (Lipinski definition) is 5. The maximum Gasteiger partial charge on any atom is 0.250 e. The maximum absolute atomic E-state index is 13.3. The van der Waals surface area contributed by atoms with E-state index >= 15 is 0 Å². The highest BCUT2D eigenvalue weighted by Gasteiger charge is 2.29. The minimum absolute atomic E-state index is 0.288. The summed E-state index contributed by atoms with van der Waals surface area (Å²) in [6, 6.07) is 17.8. The van der Waals surface area contributed by atoms with Crippen LogP contribution in [0.3, 0.4) is 0 Å². The van der Waals surface area contributed by atoms with Crippen LogP contribution in [0.15, 0.2) is 87.5 Å². The van der Waals surface area contributed by atoms with Crippen molar-refractivity contribution in [2.24, 2.45) is 10.9 Å². The summed E-state index contributed by atoms with van der Waals surface area (Å²) in [5.74, 6) is 4.73. The van der Waals surface area contributed by atoms with E-state index in [0.717, 1.165) is 12.1 Å². The van der Waals surface area contributed by atoms with Gasteiger partial charge in [0.05, 0.1) is 15.4 Å². The minimum atomic E-state index is -4.46. The summed E-state index contributed by atoms with van der Waals surface area (Å²) < 4.78 is 50.3. The fourth-order valence-corrected chi connectivity index (χ4v) is 5.58. The van der Waals surface area contributed by atoms with E-state index in [1.165, 1.54) is 30.3 Å². The van der Waals surface area contributed by atoms with Gasteiger partial charge in [-0.1, -0.05) is 42.2 Å². The van der Waals surface area contributed by atoms with Crippen molar-refractivity contribution in [2.45, 2.75) is 14.7 Å². The number of sulfonamides is 1. The van der Waals surface area contributed by atoms with Gasteiger partial charge in [-0.05, 0) is 42.5 Å². The van der Waals surface area contributed by atoms with Crippen molar-refractivity contribution in [3.05, 3.63) is 89.5 Å². The molecule has 0 fully saturated rings. The molecule has 0 bridgehead atoms. The van der Waals surface area contributed by atoms with Crippen LogP contribution in [0.4, 0.5) is 0 Å². The Morgan fingerprint density at radius 2 is 1.27 bits per heavy atom. The van der Waals surface area contributed by atoms with Gasteiger partial charge in [0.25, 0.3) is 0 Å². The fourth-order valence-electron chi connectivity index (χ4n) is 2.72. The van der Waals surface area contributed by atoms with E-state index in [9.17, 15) is 21.6 Å². The summed E-state index contributed by atoms with van der Waals surface area (Å²) in [7, 11) is -8.80. The first-order valence-electron chi connectivity index (χ1n) is 8.48. The number of primary sulfonamides is 1. The molecular formula is C21H16N2O5S2. The molecular weight excluding hydrogens is 424 g/mol. The molecule has 3 aromatic rings. The maximum atomic E-state index is 13.3. The van der Waals surface area contributed by atoms with Gasteiger partial charge >= 0.3 is 0 Å². The van der Waals surface area contributed by atoms with E-state index in [0.29, 0.717) is 11.1 Å². The zero-order valence-corrected chi connectivity index (χ0v) is 17.1. The van der Waals surface area contributed by atoms with Crippen LogP contribution in [0.1, 0.15) is 21.5 Å². The Morgan fingerprint density at radius 3 is 1.87 bits per heavy atom. The topological polar surface area (TPSA) is 137 Å². The Bertz CT molecular complexity index is 1400. The van der Waals surface area contributed by atoms with Crippen LogP contribution in [0.2, 0.25) is 0 Å². The summed E-state index contributed by atoms with van der Waals surface area (Å²) in [5, 5.41) is 5.17. The minimum Gasteiger partial charge on any atom is -0.366 e. The summed E-state index contributed by atoms with van der Waals surface area (Å²) in [4.78, 5) is 10.3. The third kappa shape index (κ3) is 4.41. The highest BCUT2D eigenvalue weighted by Crippen LogP contribution is 2.29. The lowest BCUT2D eigenvalue weighted by Crippen LogP contribution is -2.20. The molecule has 4 N–H and O–H groups in total. The smallest absolute Gasteiger partial charge is 0.250 e. The van der Waals surface area contributed by atoms with E-state index in [1.807, 2.05) is 6.07 Å². The number of amides is 1. The van der Waals surface area contributed by atoms with Crippen LogP contribution in [-0.2, 0) is 19.9 Å². The number of primary amides is 1. The Kier molecular flexibility index (Phi) is 5.75. The Hall–Kier alpha value is -3.45. The average molecular weight is 441 g/mol. The molecule has 3 rings (SSSR count). The molecule has 152 valence electrons. The molecule has 9 heteroatoms. The highest BCUT2D eigenvalue weighted by molar-refractivity contribution is 7.93. The molecule has 0 saturated carbocycles. The van der Waals surface area contributed by atoms with Gasteiger partial charge in [-0.2, -0.15) is 0 Å². The van der Waals surface area contributed by atoms with Gasteiger partial charge < -0.3 is 5.73 Å². The Balaban J connectivity index is 2.22. The highest BCUT2D eigenvalue weighted by atomic mass is 32.2. The summed E-state index contributed by atoms with van der Waals surface area (Å²) in [6.45, 7) is 0. The van der Waals surface area contributed by atoms with Crippen LogP contribution in [-0.4, -0.2) is 22.7 Å². The molecule has 0 heterocycles. The first kappa shape index (κ1) is 21.3. The number of carbonyl (C=O) groups is 1. The van der Waals surface area contributed by atoms with E-state index in [1.54, 1.807) is 24.3 Å². The molecule has 0 spiro atoms. The second-order valence-corrected chi connectivity index (χ2v) is 9.60. The second-order valence-electron chi connectivity index (χ2n) is 6.19. The lowest BCUT2D eigenvalue weighted by atomic mass is 10.1. The van der Waals surface area contributed by atoms with Crippen LogP contribution >= 0.6 is 0 Å². The largest absolute Gasteiger partial charge is 0.366 e. The molecule has 0 aromatic heterocycles. The number of nitrogens with two attached hydrogens (primary N) is 2. The third-order valence-electron chi connectivity index (χ3n) is 4.11. The molecule has 0 aliphatic rings. The SMILES string of the molecule is NC(=O)c1ccc(C#Cc2ccccc2)cc1S(=O)(=O)c1ccccc1S(N)(=O)=O. The monoisotopic (exact) mass is 440 g/mol. The van der Waals surface area contributed by atoms with Crippen molar-refractivity contribution >= 4 is 25.8 Å². The van der Waals surface area contributed by atoms with Crippen LogP contribution in [0, 0.1) is 11.8 Å². The predicted molar refractivity (Wildman–Crippen MR) is 111 cm³/mol.